The molecule has 25 heavy (non-hydrogen) atoms. The molecule has 0 unspecified atom stereocenters. The molecule has 2 N–H and O–H groups in total. The Labute approximate surface area is 155 Å². The molecule has 2 aromatic rings. The van der Waals surface area contributed by atoms with E-state index in [1.807, 2.05) is 42.5 Å². The molecule has 1 fully saturated rings. The molecular formula is C19H17ClN2O2S. The zero-order valence-electron chi connectivity index (χ0n) is 13.5. The molecule has 0 spiro atoms. The largest absolute Gasteiger partial charge is 0.325 e. The van der Waals surface area contributed by atoms with Crippen LogP contribution in [0, 0.1) is 0 Å². The Morgan fingerprint density at radius 3 is 2.76 bits per heavy atom. The topological polar surface area (TPSA) is 58.2 Å². The molecule has 1 heterocycles. The minimum Gasteiger partial charge on any atom is -0.325 e. The van der Waals surface area contributed by atoms with Crippen molar-refractivity contribution < 1.29 is 9.59 Å². The van der Waals surface area contributed by atoms with Crippen molar-refractivity contribution in [2.24, 2.45) is 0 Å². The van der Waals surface area contributed by atoms with Gasteiger partial charge in [-0.25, -0.2) is 0 Å². The normalized spacial score (nSPS) is 17.9. The number of carbonyl (C=O) groups excluding carboxylic acids is 2. The monoisotopic (exact) mass is 372 g/mol. The van der Waals surface area contributed by atoms with Gasteiger partial charge in [-0.3, -0.25) is 9.59 Å². The second-order valence-electron chi connectivity index (χ2n) is 6.45. The lowest BCUT2D eigenvalue weighted by atomic mass is 9.64. The molecule has 2 aliphatic rings. The van der Waals surface area contributed by atoms with Crippen molar-refractivity contribution in [2.75, 3.05) is 16.4 Å². The zero-order valence-corrected chi connectivity index (χ0v) is 15.0. The van der Waals surface area contributed by atoms with E-state index in [1.165, 1.54) is 11.8 Å². The molecule has 1 aliphatic heterocycles. The smallest absolute Gasteiger partial charge is 0.235 e. The first kappa shape index (κ1) is 16.5. The first-order valence-electron chi connectivity index (χ1n) is 8.21. The van der Waals surface area contributed by atoms with Crippen LogP contribution in [0.4, 0.5) is 11.4 Å². The Bertz CT molecular complexity index is 864. The molecule has 2 amide bonds. The van der Waals surface area contributed by atoms with Gasteiger partial charge in [0.2, 0.25) is 11.8 Å². The summed E-state index contributed by atoms with van der Waals surface area (Å²) in [6, 6.07) is 13.2. The number of nitrogens with one attached hydrogen (secondary N) is 2. The van der Waals surface area contributed by atoms with Gasteiger partial charge >= 0.3 is 0 Å². The first-order valence-corrected chi connectivity index (χ1v) is 9.57. The zero-order chi connectivity index (χ0) is 17.4. The molecule has 128 valence electrons. The van der Waals surface area contributed by atoms with E-state index in [9.17, 15) is 9.59 Å². The molecular weight excluding hydrogens is 356 g/mol. The SMILES string of the molecule is O=C1CSc2ccc(NC(=O)C3(c4cccc(Cl)c4)CCC3)cc2N1. The number of fused-ring (bicyclic) bond motifs is 1. The van der Waals surface area contributed by atoms with E-state index in [4.69, 9.17) is 11.6 Å². The highest BCUT2D eigenvalue weighted by molar-refractivity contribution is 8.00. The van der Waals surface area contributed by atoms with E-state index >= 15 is 0 Å². The van der Waals surface area contributed by atoms with Crippen LogP contribution in [-0.2, 0) is 15.0 Å². The summed E-state index contributed by atoms with van der Waals surface area (Å²) >= 11 is 7.62. The van der Waals surface area contributed by atoms with E-state index in [0.717, 1.165) is 35.4 Å². The maximum atomic E-state index is 13.0. The molecule has 4 rings (SSSR count). The summed E-state index contributed by atoms with van der Waals surface area (Å²) in [5, 5.41) is 6.52. The maximum Gasteiger partial charge on any atom is 0.235 e. The van der Waals surface area contributed by atoms with Crippen molar-refractivity contribution in [1.82, 2.24) is 0 Å². The molecule has 1 aliphatic carbocycles. The Balaban J connectivity index is 1.59. The quantitative estimate of drug-likeness (QED) is 0.837. The van der Waals surface area contributed by atoms with Crippen molar-refractivity contribution in [2.45, 2.75) is 29.6 Å². The van der Waals surface area contributed by atoms with Crippen LogP contribution >= 0.6 is 23.4 Å². The van der Waals surface area contributed by atoms with Gasteiger partial charge < -0.3 is 10.6 Å². The van der Waals surface area contributed by atoms with Crippen LogP contribution in [0.3, 0.4) is 0 Å². The molecule has 0 aromatic heterocycles. The summed E-state index contributed by atoms with van der Waals surface area (Å²) in [6.45, 7) is 0. The third-order valence-electron chi connectivity index (χ3n) is 4.89. The van der Waals surface area contributed by atoms with E-state index in [2.05, 4.69) is 10.6 Å². The highest BCUT2D eigenvalue weighted by atomic mass is 35.5. The van der Waals surface area contributed by atoms with Crippen LogP contribution in [0.5, 0.6) is 0 Å². The summed E-state index contributed by atoms with van der Waals surface area (Å²) in [5.41, 5.74) is 1.90. The van der Waals surface area contributed by atoms with Gasteiger partial charge in [-0.2, -0.15) is 0 Å². The van der Waals surface area contributed by atoms with Crippen LogP contribution < -0.4 is 10.6 Å². The number of carbonyl (C=O) groups is 2. The lowest BCUT2D eigenvalue weighted by molar-refractivity contribution is -0.124. The molecule has 0 radical (unpaired) electrons. The number of hydrogen-bond acceptors (Lipinski definition) is 3. The van der Waals surface area contributed by atoms with E-state index in [0.29, 0.717) is 16.5 Å². The predicted molar refractivity (Wildman–Crippen MR) is 101 cm³/mol. The van der Waals surface area contributed by atoms with Gasteiger partial charge in [0.15, 0.2) is 0 Å². The molecule has 0 atom stereocenters. The van der Waals surface area contributed by atoms with Crippen molar-refractivity contribution >= 4 is 46.6 Å². The Morgan fingerprint density at radius 1 is 1.20 bits per heavy atom. The van der Waals surface area contributed by atoms with Gasteiger partial charge in [-0.05, 0) is 48.7 Å². The van der Waals surface area contributed by atoms with Crippen LogP contribution in [-0.4, -0.2) is 17.6 Å². The number of anilines is 2. The lowest BCUT2D eigenvalue weighted by Gasteiger charge is -2.40. The standard InChI is InChI=1S/C19H17ClN2O2S/c20-13-4-1-3-12(9-13)19(7-2-8-19)18(24)21-14-5-6-16-15(10-14)22-17(23)11-25-16/h1,3-6,9-10H,2,7-8,11H2,(H,21,24)(H,22,23). The van der Waals surface area contributed by atoms with Crippen molar-refractivity contribution in [1.29, 1.82) is 0 Å². The highest BCUT2D eigenvalue weighted by Crippen LogP contribution is 2.45. The Kier molecular flexibility index (Phi) is 4.21. The van der Waals surface area contributed by atoms with E-state index in [-0.39, 0.29) is 11.8 Å². The van der Waals surface area contributed by atoms with E-state index in [1.54, 1.807) is 0 Å². The fraction of sp³-hybridized carbons (Fsp3) is 0.263. The molecule has 6 heteroatoms. The van der Waals surface area contributed by atoms with Gasteiger partial charge in [0.25, 0.3) is 0 Å². The van der Waals surface area contributed by atoms with Crippen LogP contribution in [0.2, 0.25) is 5.02 Å². The van der Waals surface area contributed by atoms with E-state index < -0.39 is 5.41 Å². The number of benzene rings is 2. The van der Waals surface area contributed by atoms with Gasteiger partial charge in [-0.15, -0.1) is 11.8 Å². The van der Waals surface area contributed by atoms with Gasteiger partial charge in [0.1, 0.15) is 0 Å². The number of amides is 2. The van der Waals surface area contributed by atoms with Gasteiger partial charge in [0, 0.05) is 15.6 Å². The summed E-state index contributed by atoms with van der Waals surface area (Å²) in [7, 11) is 0. The number of thioether (sulfide) groups is 1. The third-order valence-corrected chi connectivity index (χ3v) is 6.20. The predicted octanol–water partition coefficient (Wildman–Crippen LogP) is 4.44. The number of rotatable bonds is 3. The minimum atomic E-state index is -0.515. The fourth-order valence-electron chi connectivity index (χ4n) is 3.37. The number of hydrogen-bond donors (Lipinski definition) is 2. The van der Waals surface area contributed by atoms with Crippen LogP contribution in [0.15, 0.2) is 47.4 Å². The summed E-state index contributed by atoms with van der Waals surface area (Å²) in [6.07, 6.45) is 2.66. The van der Waals surface area contributed by atoms with Crippen molar-refractivity contribution in [3.63, 3.8) is 0 Å². The van der Waals surface area contributed by atoms with Crippen molar-refractivity contribution in [3.8, 4) is 0 Å². The maximum absolute atomic E-state index is 13.0. The molecule has 2 aromatic carbocycles. The Hall–Kier alpha value is -1.98. The average Bonchev–Trinajstić information content (AvgIpc) is 2.53. The van der Waals surface area contributed by atoms with Crippen molar-refractivity contribution in [3.05, 3.63) is 53.1 Å². The summed E-state index contributed by atoms with van der Waals surface area (Å²) < 4.78 is 0. The first-order chi connectivity index (χ1) is 12.1. The van der Waals surface area contributed by atoms with Crippen LogP contribution in [0.1, 0.15) is 24.8 Å². The minimum absolute atomic E-state index is 0.0178. The second kappa shape index (κ2) is 6.39. The molecule has 0 saturated heterocycles. The number of halogens is 1. The summed E-state index contributed by atoms with van der Waals surface area (Å²) in [4.78, 5) is 25.6. The highest BCUT2D eigenvalue weighted by Gasteiger charge is 2.45. The molecule has 0 bridgehead atoms. The van der Waals surface area contributed by atoms with Crippen LogP contribution in [0.25, 0.3) is 0 Å². The molecule has 4 nitrogen and oxygen atoms in total. The van der Waals surface area contributed by atoms with Gasteiger partial charge in [-0.1, -0.05) is 30.2 Å². The van der Waals surface area contributed by atoms with Gasteiger partial charge in [0.05, 0.1) is 16.9 Å². The Morgan fingerprint density at radius 2 is 2.04 bits per heavy atom. The average molecular weight is 373 g/mol. The second-order valence-corrected chi connectivity index (χ2v) is 7.90. The lowest BCUT2D eigenvalue weighted by Crippen LogP contribution is -2.46. The summed E-state index contributed by atoms with van der Waals surface area (Å²) in [5.74, 6) is 0.391. The third kappa shape index (κ3) is 3.02. The fourth-order valence-corrected chi connectivity index (χ4v) is 4.35. The molecule has 1 saturated carbocycles.